The van der Waals surface area contributed by atoms with Crippen LogP contribution in [0.4, 0.5) is 0 Å². The van der Waals surface area contributed by atoms with Gasteiger partial charge in [0.2, 0.25) is 0 Å². The van der Waals surface area contributed by atoms with Crippen molar-refractivity contribution in [3.63, 3.8) is 0 Å². The highest BCUT2D eigenvalue weighted by Gasteiger charge is 2.13. The molecule has 0 atom stereocenters. The lowest BCUT2D eigenvalue weighted by atomic mass is 10.2. The molecule has 0 aliphatic carbocycles. The fourth-order valence-electron chi connectivity index (χ4n) is 1.72. The number of carbonyl (C=O) groups is 1. The predicted molar refractivity (Wildman–Crippen MR) is 72.1 cm³/mol. The molecule has 0 fully saturated rings. The first-order valence-electron chi connectivity index (χ1n) is 5.47. The number of hydrogen-bond donors (Lipinski definition) is 0. The topological polar surface area (TPSA) is 60.9 Å². The molecule has 94 valence electrons. The first-order valence-corrected chi connectivity index (χ1v) is 6.26. The second-order valence-corrected chi connectivity index (χ2v) is 4.76. The molecular formula is C13H8BrN3O2. The van der Waals surface area contributed by atoms with Crippen molar-refractivity contribution in [3.8, 4) is 17.1 Å². The molecule has 0 aromatic carbocycles. The first-order chi connectivity index (χ1) is 9.28. The number of halogens is 1. The summed E-state index contributed by atoms with van der Waals surface area (Å²) in [5.41, 5.74) is 1.83. The molecule has 0 spiro atoms. The van der Waals surface area contributed by atoms with Crippen LogP contribution in [0.5, 0.6) is 0 Å². The molecule has 0 aliphatic heterocycles. The molecule has 3 rings (SSSR count). The molecule has 3 aromatic heterocycles. The molecule has 5 nitrogen and oxygen atoms in total. The van der Waals surface area contributed by atoms with Gasteiger partial charge >= 0.3 is 0 Å². The molecule has 3 aromatic rings. The van der Waals surface area contributed by atoms with E-state index in [0.717, 1.165) is 16.3 Å². The lowest BCUT2D eigenvalue weighted by Gasteiger charge is -1.99. The number of nitrogens with zero attached hydrogens (tertiary/aromatic N) is 3. The van der Waals surface area contributed by atoms with E-state index >= 15 is 0 Å². The maximum Gasteiger partial charge on any atom is 0.153 e. The molecule has 0 N–H and O–H groups in total. The number of carbonyl (C=O) groups excluding carboxylic acids is 1. The number of aromatic nitrogens is 3. The van der Waals surface area contributed by atoms with Gasteiger partial charge in [-0.05, 0) is 34.1 Å². The number of aldehydes is 1. The van der Waals surface area contributed by atoms with Gasteiger partial charge in [0.05, 0.1) is 18.1 Å². The van der Waals surface area contributed by atoms with Gasteiger partial charge in [-0.1, -0.05) is 0 Å². The van der Waals surface area contributed by atoms with Gasteiger partial charge < -0.3 is 4.42 Å². The maximum atomic E-state index is 11.1. The van der Waals surface area contributed by atoms with Crippen molar-refractivity contribution in [1.29, 1.82) is 0 Å². The van der Waals surface area contributed by atoms with Crippen molar-refractivity contribution in [1.82, 2.24) is 14.8 Å². The average molecular weight is 318 g/mol. The van der Waals surface area contributed by atoms with Gasteiger partial charge in [0, 0.05) is 22.4 Å². The summed E-state index contributed by atoms with van der Waals surface area (Å²) in [5, 5.41) is 4.37. The largest absolute Gasteiger partial charge is 0.472 e. The molecule has 0 radical (unpaired) electrons. The smallest absolute Gasteiger partial charge is 0.153 e. The zero-order valence-electron chi connectivity index (χ0n) is 9.65. The summed E-state index contributed by atoms with van der Waals surface area (Å²) in [4.78, 5) is 15.3. The quantitative estimate of drug-likeness (QED) is 0.696. The van der Waals surface area contributed by atoms with E-state index in [2.05, 4.69) is 26.0 Å². The molecule has 0 saturated heterocycles. The highest BCUT2D eigenvalue weighted by atomic mass is 79.9. The zero-order valence-corrected chi connectivity index (χ0v) is 11.2. The van der Waals surface area contributed by atoms with Crippen molar-refractivity contribution in [2.45, 2.75) is 0 Å². The summed E-state index contributed by atoms with van der Waals surface area (Å²) < 4.78 is 7.46. The van der Waals surface area contributed by atoms with Crippen LogP contribution in [0.2, 0.25) is 0 Å². The summed E-state index contributed by atoms with van der Waals surface area (Å²) in [7, 11) is 0. The molecular weight excluding hydrogens is 310 g/mol. The van der Waals surface area contributed by atoms with Crippen molar-refractivity contribution >= 4 is 22.2 Å². The van der Waals surface area contributed by atoms with Crippen LogP contribution in [0, 0.1) is 0 Å². The van der Waals surface area contributed by atoms with Crippen molar-refractivity contribution in [2.24, 2.45) is 0 Å². The van der Waals surface area contributed by atoms with Crippen LogP contribution >= 0.6 is 15.9 Å². The van der Waals surface area contributed by atoms with Crippen LogP contribution in [0.3, 0.4) is 0 Å². The van der Waals surface area contributed by atoms with Gasteiger partial charge in [0.25, 0.3) is 0 Å². The van der Waals surface area contributed by atoms with E-state index in [-0.39, 0.29) is 0 Å². The van der Waals surface area contributed by atoms with E-state index in [1.807, 2.05) is 12.1 Å². The Morgan fingerprint density at radius 1 is 1.32 bits per heavy atom. The molecule has 3 heterocycles. The average Bonchev–Trinajstić information content (AvgIpc) is 3.08. The van der Waals surface area contributed by atoms with Gasteiger partial charge in [-0.15, -0.1) is 0 Å². The van der Waals surface area contributed by atoms with Crippen molar-refractivity contribution in [2.75, 3.05) is 0 Å². The van der Waals surface area contributed by atoms with Gasteiger partial charge in [0.1, 0.15) is 5.69 Å². The van der Waals surface area contributed by atoms with Crippen molar-refractivity contribution < 1.29 is 9.21 Å². The first kappa shape index (κ1) is 11.9. The van der Waals surface area contributed by atoms with Gasteiger partial charge in [-0.3, -0.25) is 4.79 Å². The van der Waals surface area contributed by atoms with Crippen LogP contribution in [0.1, 0.15) is 10.4 Å². The monoisotopic (exact) mass is 317 g/mol. The predicted octanol–water partition coefficient (Wildman–Crippen LogP) is 3.10. The Balaban J connectivity index is 2.09. The standard InChI is InChI=1S/C13H8BrN3O2/c14-11-1-2-12(15-5-11)17-6-10(7-18)13(16-17)9-3-4-19-8-9/h1-8H. The van der Waals surface area contributed by atoms with Crippen molar-refractivity contribution in [3.05, 3.63) is 53.2 Å². The minimum Gasteiger partial charge on any atom is -0.472 e. The number of furan rings is 1. The Morgan fingerprint density at radius 3 is 2.84 bits per heavy atom. The summed E-state index contributed by atoms with van der Waals surface area (Å²) in [5.74, 6) is 0.640. The molecule has 0 bridgehead atoms. The van der Waals surface area contributed by atoms with Crippen LogP contribution < -0.4 is 0 Å². The van der Waals surface area contributed by atoms with E-state index in [9.17, 15) is 4.79 Å². The number of hydrogen-bond acceptors (Lipinski definition) is 4. The fraction of sp³-hybridized carbons (Fsp3) is 0. The Kier molecular flexibility index (Phi) is 3.00. The third-order valence-corrected chi connectivity index (χ3v) is 3.08. The molecule has 0 saturated carbocycles. The Morgan fingerprint density at radius 2 is 2.21 bits per heavy atom. The number of pyridine rings is 1. The van der Waals surface area contributed by atoms with Crippen LogP contribution in [-0.4, -0.2) is 21.1 Å². The fourth-order valence-corrected chi connectivity index (χ4v) is 1.95. The highest BCUT2D eigenvalue weighted by molar-refractivity contribution is 9.10. The second-order valence-electron chi connectivity index (χ2n) is 3.84. The van der Waals surface area contributed by atoms with Gasteiger partial charge in [-0.25, -0.2) is 9.67 Å². The van der Waals surface area contributed by atoms with Gasteiger partial charge in [-0.2, -0.15) is 5.10 Å². The Labute approximate surface area is 117 Å². The molecule has 0 unspecified atom stereocenters. The minimum absolute atomic E-state index is 0.492. The molecule has 6 heteroatoms. The Hall–Kier alpha value is -2.21. The lowest BCUT2D eigenvalue weighted by molar-refractivity contribution is 0.112. The third-order valence-electron chi connectivity index (χ3n) is 2.61. The second kappa shape index (κ2) is 4.81. The maximum absolute atomic E-state index is 11.1. The van der Waals surface area contributed by atoms with E-state index in [1.54, 1.807) is 35.7 Å². The number of rotatable bonds is 3. The summed E-state index contributed by atoms with van der Waals surface area (Å²) >= 11 is 3.32. The third kappa shape index (κ3) is 2.22. The SMILES string of the molecule is O=Cc1cn(-c2ccc(Br)cn2)nc1-c1ccoc1. The lowest BCUT2D eigenvalue weighted by Crippen LogP contribution is -1.97. The molecule has 0 aliphatic rings. The van der Waals surface area contributed by atoms with Gasteiger partial charge in [0.15, 0.2) is 12.1 Å². The van der Waals surface area contributed by atoms with E-state index < -0.39 is 0 Å². The molecule has 19 heavy (non-hydrogen) atoms. The van der Waals surface area contributed by atoms with E-state index in [4.69, 9.17) is 4.42 Å². The zero-order chi connectivity index (χ0) is 13.2. The summed E-state index contributed by atoms with van der Waals surface area (Å²) in [6.07, 6.45) is 7.18. The summed E-state index contributed by atoms with van der Waals surface area (Å²) in [6, 6.07) is 5.43. The highest BCUT2D eigenvalue weighted by Crippen LogP contribution is 2.22. The van der Waals surface area contributed by atoms with Crippen LogP contribution in [0.15, 0.2) is 52.0 Å². The molecule has 0 amide bonds. The van der Waals surface area contributed by atoms with E-state index in [1.165, 1.54) is 0 Å². The normalized spacial score (nSPS) is 10.6. The van der Waals surface area contributed by atoms with Crippen LogP contribution in [0.25, 0.3) is 17.1 Å². The minimum atomic E-state index is 0.492. The Bertz CT molecular complexity index is 702. The summed E-state index contributed by atoms with van der Waals surface area (Å²) in [6.45, 7) is 0. The van der Waals surface area contributed by atoms with E-state index in [0.29, 0.717) is 17.1 Å². The van der Waals surface area contributed by atoms with Crippen LogP contribution in [-0.2, 0) is 0 Å².